The van der Waals surface area contributed by atoms with E-state index in [2.05, 4.69) is 4.98 Å². The number of H-pyrrole nitrogens is 1. The number of aromatic carboxylic acids is 1. The van der Waals surface area contributed by atoms with Crippen molar-refractivity contribution in [3.05, 3.63) is 33.7 Å². The number of carboxylic acids is 1. The van der Waals surface area contributed by atoms with E-state index < -0.39 is 11.5 Å². The first-order valence-corrected chi connectivity index (χ1v) is 3.04. The minimum absolute atomic E-state index is 0.0498. The van der Waals surface area contributed by atoms with Crippen LogP contribution in [0.25, 0.3) is 0 Å². The number of hydrogen-bond donors (Lipinski definition) is 2. The molecule has 58 valence electrons. The molecule has 0 unspecified atom stereocenters. The quantitative estimate of drug-likeness (QED) is 0.612. The van der Waals surface area contributed by atoms with Crippen molar-refractivity contribution in [2.75, 3.05) is 0 Å². The summed E-state index contributed by atoms with van der Waals surface area (Å²) in [7, 11) is 0. The molecule has 1 aromatic rings. The Bertz CT molecular complexity index is 340. The van der Waals surface area contributed by atoms with E-state index in [0.29, 0.717) is 5.56 Å². The number of aromatic nitrogens is 1. The molecule has 0 saturated heterocycles. The Labute approximate surface area is 62.5 Å². The van der Waals surface area contributed by atoms with Gasteiger partial charge in [0.2, 0.25) is 5.56 Å². The SMILES string of the molecule is Cc1c[nH]c(=O)cc1C(=O)O. The Balaban J connectivity index is 3.35. The van der Waals surface area contributed by atoms with Gasteiger partial charge in [-0.25, -0.2) is 4.79 Å². The molecular weight excluding hydrogens is 146 g/mol. The van der Waals surface area contributed by atoms with Crippen LogP contribution in [0.3, 0.4) is 0 Å². The van der Waals surface area contributed by atoms with Gasteiger partial charge in [0, 0.05) is 12.3 Å². The first-order valence-electron chi connectivity index (χ1n) is 3.04. The van der Waals surface area contributed by atoms with Crippen molar-refractivity contribution in [1.29, 1.82) is 0 Å². The van der Waals surface area contributed by atoms with Crippen molar-refractivity contribution < 1.29 is 9.90 Å². The van der Waals surface area contributed by atoms with Crippen LogP contribution in [-0.2, 0) is 0 Å². The summed E-state index contributed by atoms with van der Waals surface area (Å²) in [5.74, 6) is -1.08. The molecule has 1 aromatic heterocycles. The molecule has 11 heavy (non-hydrogen) atoms. The van der Waals surface area contributed by atoms with Crippen LogP contribution in [0.4, 0.5) is 0 Å². The zero-order valence-corrected chi connectivity index (χ0v) is 5.92. The van der Waals surface area contributed by atoms with Crippen LogP contribution in [0.5, 0.6) is 0 Å². The summed E-state index contributed by atoms with van der Waals surface area (Å²) >= 11 is 0. The molecule has 0 bridgehead atoms. The van der Waals surface area contributed by atoms with Crippen molar-refractivity contribution in [3.63, 3.8) is 0 Å². The highest BCUT2D eigenvalue weighted by Gasteiger charge is 2.05. The monoisotopic (exact) mass is 153 g/mol. The molecule has 1 heterocycles. The van der Waals surface area contributed by atoms with Crippen LogP contribution >= 0.6 is 0 Å². The minimum atomic E-state index is -1.08. The minimum Gasteiger partial charge on any atom is -0.478 e. The predicted molar refractivity (Wildman–Crippen MR) is 38.8 cm³/mol. The number of pyridine rings is 1. The fraction of sp³-hybridized carbons (Fsp3) is 0.143. The molecule has 0 aromatic carbocycles. The van der Waals surface area contributed by atoms with Crippen molar-refractivity contribution >= 4 is 5.97 Å². The summed E-state index contributed by atoms with van der Waals surface area (Å²) in [6.45, 7) is 1.62. The van der Waals surface area contributed by atoms with E-state index >= 15 is 0 Å². The maximum Gasteiger partial charge on any atom is 0.336 e. The molecular formula is C7H7NO3. The molecule has 0 atom stereocenters. The van der Waals surface area contributed by atoms with Gasteiger partial charge in [0.1, 0.15) is 0 Å². The Kier molecular flexibility index (Phi) is 1.76. The predicted octanol–water partition coefficient (Wildman–Crippen LogP) is 0.382. The zero-order valence-electron chi connectivity index (χ0n) is 5.92. The van der Waals surface area contributed by atoms with Gasteiger partial charge in [-0.3, -0.25) is 4.79 Å². The second-order valence-corrected chi connectivity index (χ2v) is 2.20. The first kappa shape index (κ1) is 7.53. The number of aromatic amines is 1. The highest BCUT2D eigenvalue weighted by Crippen LogP contribution is 2.00. The largest absolute Gasteiger partial charge is 0.478 e. The number of rotatable bonds is 1. The second kappa shape index (κ2) is 2.57. The van der Waals surface area contributed by atoms with E-state index in [4.69, 9.17) is 5.11 Å². The van der Waals surface area contributed by atoms with Gasteiger partial charge >= 0.3 is 5.97 Å². The van der Waals surface area contributed by atoms with Crippen molar-refractivity contribution in [3.8, 4) is 0 Å². The average Bonchev–Trinajstić information content (AvgIpc) is 1.94. The lowest BCUT2D eigenvalue weighted by Gasteiger charge is -1.96. The molecule has 1 rings (SSSR count). The third-order valence-electron chi connectivity index (χ3n) is 1.36. The summed E-state index contributed by atoms with van der Waals surface area (Å²) in [6, 6.07) is 1.07. The van der Waals surface area contributed by atoms with Gasteiger partial charge in [-0.15, -0.1) is 0 Å². The third kappa shape index (κ3) is 1.46. The molecule has 0 radical (unpaired) electrons. The molecule has 0 fully saturated rings. The van der Waals surface area contributed by atoms with Crippen molar-refractivity contribution in [2.45, 2.75) is 6.92 Å². The topological polar surface area (TPSA) is 70.2 Å². The summed E-state index contributed by atoms with van der Waals surface area (Å²) in [5.41, 5.74) is 0.207. The third-order valence-corrected chi connectivity index (χ3v) is 1.36. The smallest absolute Gasteiger partial charge is 0.336 e. The second-order valence-electron chi connectivity index (χ2n) is 2.20. The van der Waals surface area contributed by atoms with Crippen LogP contribution in [0.1, 0.15) is 15.9 Å². The summed E-state index contributed by atoms with van der Waals surface area (Å²) in [6.07, 6.45) is 1.38. The highest BCUT2D eigenvalue weighted by atomic mass is 16.4. The van der Waals surface area contributed by atoms with E-state index in [1.54, 1.807) is 6.92 Å². The fourth-order valence-electron chi connectivity index (χ4n) is 0.774. The van der Waals surface area contributed by atoms with E-state index in [1.807, 2.05) is 0 Å². The van der Waals surface area contributed by atoms with Gasteiger partial charge < -0.3 is 10.1 Å². The van der Waals surface area contributed by atoms with Crippen molar-refractivity contribution in [1.82, 2.24) is 4.98 Å². The van der Waals surface area contributed by atoms with Gasteiger partial charge in [-0.05, 0) is 12.5 Å². The Morgan fingerprint density at radius 1 is 1.64 bits per heavy atom. The molecule has 0 spiro atoms. The van der Waals surface area contributed by atoms with Crippen LogP contribution in [0.2, 0.25) is 0 Å². The summed E-state index contributed by atoms with van der Waals surface area (Å²) < 4.78 is 0. The lowest BCUT2D eigenvalue weighted by Crippen LogP contribution is -2.10. The van der Waals surface area contributed by atoms with Gasteiger partial charge in [0.25, 0.3) is 0 Å². The Morgan fingerprint density at radius 3 is 2.73 bits per heavy atom. The van der Waals surface area contributed by atoms with Crippen LogP contribution in [0.15, 0.2) is 17.1 Å². The molecule has 0 aliphatic rings. The van der Waals surface area contributed by atoms with Gasteiger partial charge in [-0.2, -0.15) is 0 Å². The van der Waals surface area contributed by atoms with Crippen LogP contribution < -0.4 is 5.56 Å². The number of hydrogen-bond acceptors (Lipinski definition) is 2. The summed E-state index contributed by atoms with van der Waals surface area (Å²) in [4.78, 5) is 23.4. The number of aryl methyl sites for hydroxylation is 1. The van der Waals surface area contributed by atoms with Gasteiger partial charge in [0.15, 0.2) is 0 Å². The van der Waals surface area contributed by atoms with Crippen LogP contribution in [-0.4, -0.2) is 16.1 Å². The number of nitrogens with one attached hydrogen (secondary N) is 1. The highest BCUT2D eigenvalue weighted by molar-refractivity contribution is 5.88. The van der Waals surface area contributed by atoms with Crippen LogP contribution in [0, 0.1) is 6.92 Å². The number of carbonyl (C=O) groups is 1. The Morgan fingerprint density at radius 2 is 2.27 bits per heavy atom. The first-order chi connectivity index (χ1) is 5.11. The lowest BCUT2D eigenvalue weighted by molar-refractivity contribution is 0.0696. The fourth-order valence-corrected chi connectivity index (χ4v) is 0.774. The molecule has 2 N–H and O–H groups in total. The van der Waals surface area contributed by atoms with E-state index in [9.17, 15) is 9.59 Å². The maximum atomic E-state index is 10.6. The Hall–Kier alpha value is -1.58. The molecule has 4 nitrogen and oxygen atoms in total. The lowest BCUT2D eigenvalue weighted by atomic mass is 10.2. The van der Waals surface area contributed by atoms with E-state index in [0.717, 1.165) is 6.07 Å². The molecule has 0 amide bonds. The molecule has 0 aliphatic carbocycles. The molecule has 4 heteroatoms. The van der Waals surface area contributed by atoms with E-state index in [-0.39, 0.29) is 5.56 Å². The summed E-state index contributed by atoms with van der Waals surface area (Å²) in [5, 5.41) is 8.54. The van der Waals surface area contributed by atoms with Gasteiger partial charge in [0.05, 0.1) is 5.56 Å². The maximum absolute atomic E-state index is 10.6. The normalized spacial score (nSPS) is 9.55. The standard InChI is InChI=1S/C7H7NO3/c1-4-3-8-6(9)2-5(4)7(10)11/h2-3H,1H3,(H,8,9)(H,10,11). The van der Waals surface area contributed by atoms with E-state index in [1.165, 1.54) is 6.20 Å². The number of carboxylic acid groups (broad SMARTS) is 1. The molecule has 0 aliphatic heterocycles. The van der Waals surface area contributed by atoms with Gasteiger partial charge in [-0.1, -0.05) is 0 Å². The zero-order chi connectivity index (χ0) is 8.43. The van der Waals surface area contributed by atoms with Crippen molar-refractivity contribution in [2.24, 2.45) is 0 Å². The molecule has 0 saturated carbocycles. The average molecular weight is 153 g/mol.